The van der Waals surface area contributed by atoms with Gasteiger partial charge in [0.25, 0.3) is 0 Å². The topological polar surface area (TPSA) is 58.1 Å². The molecule has 0 aliphatic carbocycles. The summed E-state index contributed by atoms with van der Waals surface area (Å²) in [6.07, 6.45) is 0.250. The smallest absolute Gasteiger partial charge is 0.191 e. The van der Waals surface area contributed by atoms with Crippen molar-refractivity contribution in [3.05, 3.63) is 35.4 Å². The lowest BCUT2D eigenvalue weighted by Crippen LogP contribution is -2.52. The first-order valence-electron chi connectivity index (χ1n) is 11.0. The number of hydrogen-bond donors (Lipinski definition) is 2. The average molecular weight is 533 g/mol. The summed E-state index contributed by atoms with van der Waals surface area (Å²) in [5.74, 6) is 1.45. The van der Waals surface area contributed by atoms with Gasteiger partial charge >= 0.3 is 0 Å². The molecule has 1 aliphatic rings. The Morgan fingerprint density at radius 1 is 1.07 bits per heavy atom. The molecule has 7 heteroatoms. The van der Waals surface area contributed by atoms with Crippen LogP contribution in [0.3, 0.4) is 0 Å². The van der Waals surface area contributed by atoms with Crippen molar-refractivity contribution in [3.63, 3.8) is 0 Å². The number of nitrogens with one attached hydrogen (secondary N) is 2. The van der Waals surface area contributed by atoms with E-state index in [-0.39, 0.29) is 30.1 Å². The lowest BCUT2D eigenvalue weighted by Gasteiger charge is -2.37. The van der Waals surface area contributed by atoms with Crippen LogP contribution in [0.4, 0.5) is 0 Å². The van der Waals surface area contributed by atoms with E-state index >= 15 is 0 Å². The molecule has 1 saturated heterocycles. The molecule has 0 aromatic heterocycles. The Morgan fingerprint density at radius 3 is 2.27 bits per heavy atom. The van der Waals surface area contributed by atoms with Gasteiger partial charge in [-0.2, -0.15) is 0 Å². The maximum absolute atomic E-state index is 5.66. The van der Waals surface area contributed by atoms with Crippen LogP contribution in [-0.4, -0.2) is 62.4 Å². The highest BCUT2D eigenvalue weighted by Gasteiger charge is 2.23. The van der Waals surface area contributed by atoms with Gasteiger partial charge in [0.2, 0.25) is 0 Å². The third-order valence-corrected chi connectivity index (χ3v) is 5.13. The second-order valence-electron chi connectivity index (χ2n) is 8.21. The van der Waals surface area contributed by atoms with Crippen molar-refractivity contribution >= 4 is 29.9 Å². The van der Waals surface area contributed by atoms with Crippen LogP contribution in [0.25, 0.3) is 0 Å². The van der Waals surface area contributed by atoms with Crippen molar-refractivity contribution in [2.45, 2.75) is 59.9 Å². The Labute approximate surface area is 200 Å². The van der Waals surface area contributed by atoms with Gasteiger partial charge < -0.3 is 20.1 Å². The number of morpholine rings is 1. The third-order valence-electron chi connectivity index (χ3n) is 5.13. The standard InChI is InChI=1S/C23H40N4O2.HI/c1-6-24-23(26-16-22(18(2)3)27-11-13-28-14-12-27)25-15-20-7-9-21(10-8-20)17-29-19(4)5;/h7-10,18-19,22H,6,11-17H2,1-5H3,(H2,24,25,26);1H. The highest BCUT2D eigenvalue weighted by Crippen LogP contribution is 2.12. The largest absolute Gasteiger partial charge is 0.379 e. The predicted molar refractivity (Wildman–Crippen MR) is 136 cm³/mol. The number of benzene rings is 1. The van der Waals surface area contributed by atoms with E-state index in [2.05, 4.69) is 74.4 Å². The van der Waals surface area contributed by atoms with E-state index in [1.54, 1.807) is 0 Å². The minimum absolute atomic E-state index is 0. The lowest BCUT2D eigenvalue weighted by atomic mass is 10.0. The Balaban J connectivity index is 0.00000450. The first-order chi connectivity index (χ1) is 14.0. The second kappa shape index (κ2) is 15.0. The number of hydrogen-bond acceptors (Lipinski definition) is 4. The highest BCUT2D eigenvalue weighted by atomic mass is 127. The molecule has 0 bridgehead atoms. The van der Waals surface area contributed by atoms with Crippen LogP contribution in [0.1, 0.15) is 45.7 Å². The van der Waals surface area contributed by atoms with E-state index in [0.717, 1.165) is 45.4 Å². The molecule has 1 fully saturated rings. The minimum atomic E-state index is 0. The summed E-state index contributed by atoms with van der Waals surface area (Å²) >= 11 is 0. The van der Waals surface area contributed by atoms with Crippen molar-refractivity contribution in [2.24, 2.45) is 10.9 Å². The zero-order valence-electron chi connectivity index (χ0n) is 19.3. The molecule has 0 saturated carbocycles. The van der Waals surface area contributed by atoms with Gasteiger partial charge in [0, 0.05) is 32.2 Å². The van der Waals surface area contributed by atoms with Crippen molar-refractivity contribution in [2.75, 3.05) is 39.4 Å². The summed E-state index contributed by atoms with van der Waals surface area (Å²) in [6.45, 7) is 17.5. The fourth-order valence-corrected chi connectivity index (χ4v) is 3.41. The number of aliphatic imine (C=N–C) groups is 1. The van der Waals surface area contributed by atoms with Crippen LogP contribution >= 0.6 is 24.0 Å². The normalized spacial score (nSPS) is 16.4. The molecule has 2 rings (SSSR count). The van der Waals surface area contributed by atoms with Crippen LogP contribution in [-0.2, 0) is 22.6 Å². The SMILES string of the molecule is CCNC(=NCc1ccc(COC(C)C)cc1)NCC(C(C)C)N1CCOCC1.I. The quantitative estimate of drug-likeness (QED) is 0.274. The maximum atomic E-state index is 5.66. The van der Waals surface area contributed by atoms with Gasteiger partial charge in [-0.1, -0.05) is 38.1 Å². The number of nitrogens with zero attached hydrogens (tertiary/aromatic N) is 2. The first-order valence-corrected chi connectivity index (χ1v) is 11.0. The Hall–Kier alpha value is -0.900. The van der Waals surface area contributed by atoms with Gasteiger partial charge in [0.05, 0.1) is 32.5 Å². The molecule has 1 aromatic rings. The van der Waals surface area contributed by atoms with E-state index in [1.807, 2.05) is 0 Å². The van der Waals surface area contributed by atoms with E-state index in [4.69, 9.17) is 14.5 Å². The zero-order valence-corrected chi connectivity index (χ0v) is 21.6. The van der Waals surface area contributed by atoms with Gasteiger partial charge in [-0.05, 0) is 37.8 Å². The molecule has 1 heterocycles. The summed E-state index contributed by atoms with van der Waals surface area (Å²) < 4.78 is 11.2. The molecule has 2 N–H and O–H groups in total. The summed E-state index contributed by atoms with van der Waals surface area (Å²) in [5, 5.41) is 6.92. The number of ether oxygens (including phenoxy) is 2. The third kappa shape index (κ3) is 9.94. The number of halogens is 1. The van der Waals surface area contributed by atoms with Crippen LogP contribution in [0, 0.1) is 5.92 Å². The fourth-order valence-electron chi connectivity index (χ4n) is 3.41. The number of guanidine groups is 1. The fraction of sp³-hybridized carbons (Fsp3) is 0.696. The van der Waals surface area contributed by atoms with Crippen molar-refractivity contribution < 1.29 is 9.47 Å². The molecule has 0 radical (unpaired) electrons. The van der Waals surface area contributed by atoms with Crippen LogP contribution in [0.2, 0.25) is 0 Å². The van der Waals surface area contributed by atoms with Crippen molar-refractivity contribution in [3.8, 4) is 0 Å². The highest BCUT2D eigenvalue weighted by molar-refractivity contribution is 14.0. The first kappa shape index (κ1) is 27.1. The van der Waals surface area contributed by atoms with Gasteiger partial charge in [-0.3, -0.25) is 4.90 Å². The Kier molecular flexibility index (Phi) is 13.6. The lowest BCUT2D eigenvalue weighted by molar-refractivity contribution is 0.00752. The summed E-state index contributed by atoms with van der Waals surface area (Å²) in [5.41, 5.74) is 2.39. The average Bonchev–Trinajstić information content (AvgIpc) is 2.72. The second-order valence-corrected chi connectivity index (χ2v) is 8.21. The predicted octanol–water partition coefficient (Wildman–Crippen LogP) is 3.64. The molecule has 1 unspecified atom stereocenters. The maximum Gasteiger partial charge on any atom is 0.191 e. The Morgan fingerprint density at radius 2 is 1.70 bits per heavy atom. The van der Waals surface area contributed by atoms with Crippen molar-refractivity contribution in [1.82, 2.24) is 15.5 Å². The molecule has 6 nitrogen and oxygen atoms in total. The van der Waals surface area contributed by atoms with E-state index in [9.17, 15) is 0 Å². The van der Waals surface area contributed by atoms with Gasteiger partial charge in [-0.25, -0.2) is 4.99 Å². The van der Waals surface area contributed by atoms with Gasteiger partial charge in [-0.15, -0.1) is 24.0 Å². The summed E-state index contributed by atoms with van der Waals surface area (Å²) in [7, 11) is 0. The van der Waals surface area contributed by atoms with E-state index < -0.39 is 0 Å². The minimum Gasteiger partial charge on any atom is -0.379 e. The van der Waals surface area contributed by atoms with Crippen molar-refractivity contribution in [1.29, 1.82) is 0 Å². The molecule has 1 aliphatic heterocycles. The summed E-state index contributed by atoms with van der Waals surface area (Å²) in [6, 6.07) is 9.00. The zero-order chi connectivity index (χ0) is 21.1. The molecular weight excluding hydrogens is 491 g/mol. The molecule has 1 atom stereocenters. The van der Waals surface area contributed by atoms with E-state index in [0.29, 0.717) is 25.1 Å². The van der Waals surface area contributed by atoms with Gasteiger partial charge in [0.15, 0.2) is 5.96 Å². The van der Waals surface area contributed by atoms with Crippen LogP contribution in [0.15, 0.2) is 29.3 Å². The van der Waals surface area contributed by atoms with Gasteiger partial charge in [0.1, 0.15) is 0 Å². The molecular formula is C23H41IN4O2. The van der Waals surface area contributed by atoms with Crippen LogP contribution in [0.5, 0.6) is 0 Å². The Bertz CT molecular complexity index is 602. The number of rotatable bonds is 10. The van der Waals surface area contributed by atoms with Crippen LogP contribution < -0.4 is 10.6 Å². The van der Waals surface area contributed by atoms with E-state index in [1.165, 1.54) is 11.1 Å². The molecule has 30 heavy (non-hydrogen) atoms. The molecule has 0 spiro atoms. The summed E-state index contributed by atoms with van der Waals surface area (Å²) in [4.78, 5) is 7.31. The molecule has 1 aromatic carbocycles. The molecule has 172 valence electrons. The molecule has 0 amide bonds. The monoisotopic (exact) mass is 532 g/mol.